The fourth-order valence-corrected chi connectivity index (χ4v) is 2.88. The number of carbonyl (C=O) groups excluding carboxylic acids is 2. The summed E-state index contributed by atoms with van der Waals surface area (Å²) in [7, 11) is 1.33. The average Bonchev–Trinajstić information content (AvgIpc) is 3.15. The number of furan rings is 1. The first-order chi connectivity index (χ1) is 13.1. The quantitative estimate of drug-likeness (QED) is 0.718. The Hall–Kier alpha value is -2.87. The van der Waals surface area contributed by atoms with Crippen LogP contribution in [-0.2, 0) is 16.1 Å². The fraction of sp³-hybridized carbons (Fsp3) is 0.368. The summed E-state index contributed by atoms with van der Waals surface area (Å²) in [6.45, 7) is 2.81. The lowest BCUT2D eigenvalue weighted by Gasteiger charge is -2.34. The Bertz CT molecular complexity index is 782. The molecule has 8 heteroatoms. The molecule has 144 valence electrons. The van der Waals surface area contributed by atoms with E-state index in [-0.39, 0.29) is 18.3 Å². The summed E-state index contributed by atoms with van der Waals surface area (Å²) in [6.07, 6.45) is 1.47. The third kappa shape index (κ3) is 4.85. The van der Waals surface area contributed by atoms with E-state index in [9.17, 15) is 14.0 Å². The molecule has 0 unspecified atom stereocenters. The maximum absolute atomic E-state index is 12.9. The molecule has 7 nitrogen and oxygen atoms in total. The average molecular weight is 376 g/mol. The van der Waals surface area contributed by atoms with Crippen molar-refractivity contribution in [2.24, 2.45) is 0 Å². The van der Waals surface area contributed by atoms with Crippen LogP contribution in [0.3, 0.4) is 0 Å². The van der Waals surface area contributed by atoms with Crippen LogP contribution in [0.25, 0.3) is 0 Å². The number of amides is 1. The van der Waals surface area contributed by atoms with Gasteiger partial charge in [0.05, 0.1) is 19.9 Å². The smallest absolute Gasteiger partial charge is 0.341 e. The first kappa shape index (κ1) is 18.9. The van der Waals surface area contributed by atoms with Crippen molar-refractivity contribution in [3.05, 3.63) is 53.7 Å². The molecule has 0 bridgehead atoms. The van der Waals surface area contributed by atoms with E-state index in [1.807, 2.05) is 0 Å². The minimum atomic E-state index is -0.425. The Labute approximate surface area is 156 Å². The van der Waals surface area contributed by atoms with Gasteiger partial charge in [0.15, 0.2) is 6.61 Å². The highest BCUT2D eigenvalue weighted by atomic mass is 19.1. The van der Waals surface area contributed by atoms with Crippen LogP contribution >= 0.6 is 0 Å². The van der Waals surface area contributed by atoms with Gasteiger partial charge in [0, 0.05) is 26.2 Å². The van der Waals surface area contributed by atoms with Crippen molar-refractivity contribution in [3.8, 4) is 5.75 Å². The lowest BCUT2D eigenvalue weighted by molar-refractivity contribution is -0.135. The van der Waals surface area contributed by atoms with E-state index in [1.54, 1.807) is 11.0 Å². The first-order valence-corrected chi connectivity index (χ1v) is 8.60. The molecule has 1 aromatic heterocycles. The predicted molar refractivity (Wildman–Crippen MR) is 93.8 cm³/mol. The molecule has 1 saturated heterocycles. The molecule has 3 rings (SSSR count). The van der Waals surface area contributed by atoms with Gasteiger partial charge in [-0.05, 0) is 30.3 Å². The van der Waals surface area contributed by atoms with Gasteiger partial charge >= 0.3 is 5.97 Å². The second-order valence-electron chi connectivity index (χ2n) is 6.15. The van der Waals surface area contributed by atoms with E-state index < -0.39 is 5.97 Å². The van der Waals surface area contributed by atoms with Gasteiger partial charge in [0.2, 0.25) is 0 Å². The molecule has 1 fully saturated rings. The van der Waals surface area contributed by atoms with E-state index in [1.165, 1.54) is 37.6 Å². The maximum atomic E-state index is 12.9. The largest absolute Gasteiger partial charge is 0.484 e. The topological polar surface area (TPSA) is 72.2 Å². The number of carbonyl (C=O) groups is 2. The Balaban J connectivity index is 1.46. The van der Waals surface area contributed by atoms with Crippen LogP contribution in [0.2, 0.25) is 0 Å². The third-order valence-corrected chi connectivity index (χ3v) is 4.42. The van der Waals surface area contributed by atoms with Crippen LogP contribution in [0.4, 0.5) is 4.39 Å². The molecular formula is C19H21FN2O5. The second kappa shape index (κ2) is 8.68. The molecule has 1 aliphatic rings. The summed E-state index contributed by atoms with van der Waals surface area (Å²) >= 11 is 0. The van der Waals surface area contributed by atoms with E-state index in [2.05, 4.69) is 4.90 Å². The van der Waals surface area contributed by atoms with Gasteiger partial charge < -0.3 is 18.8 Å². The first-order valence-electron chi connectivity index (χ1n) is 8.60. The van der Waals surface area contributed by atoms with Crippen LogP contribution in [0.15, 0.2) is 41.0 Å². The van der Waals surface area contributed by atoms with E-state index in [4.69, 9.17) is 13.9 Å². The van der Waals surface area contributed by atoms with Gasteiger partial charge in [0.25, 0.3) is 5.91 Å². The number of benzene rings is 1. The molecule has 1 aliphatic heterocycles. The Morgan fingerprint density at radius 3 is 2.48 bits per heavy atom. The van der Waals surface area contributed by atoms with Crippen molar-refractivity contribution in [1.29, 1.82) is 0 Å². The molecule has 0 atom stereocenters. The molecule has 0 spiro atoms. The number of halogens is 1. The van der Waals surface area contributed by atoms with Gasteiger partial charge in [-0.3, -0.25) is 9.69 Å². The summed E-state index contributed by atoms with van der Waals surface area (Å²) in [5, 5.41) is 0. The molecule has 1 aromatic carbocycles. The zero-order valence-corrected chi connectivity index (χ0v) is 15.0. The molecule has 2 heterocycles. The Morgan fingerprint density at radius 1 is 1.11 bits per heavy atom. The highest BCUT2D eigenvalue weighted by Gasteiger charge is 2.24. The number of methoxy groups -OCH3 is 1. The number of nitrogens with zero attached hydrogens (tertiary/aromatic N) is 2. The van der Waals surface area contributed by atoms with Crippen molar-refractivity contribution < 1.29 is 27.9 Å². The molecule has 27 heavy (non-hydrogen) atoms. The van der Waals surface area contributed by atoms with E-state index in [0.717, 1.165) is 0 Å². The molecule has 0 N–H and O–H groups in total. The number of esters is 1. The normalized spacial score (nSPS) is 14.8. The number of ether oxygens (including phenoxy) is 2. The lowest BCUT2D eigenvalue weighted by Crippen LogP contribution is -2.49. The predicted octanol–water partition coefficient (Wildman–Crippen LogP) is 1.93. The zero-order valence-electron chi connectivity index (χ0n) is 15.0. The summed E-state index contributed by atoms with van der Waals surface area (Å²) in [6, 6.07) is 7.14. The van der Waals surface area contributed by atoms with E-state index >= 15 is 0 Å². The number of piperazine rings is 1. The van der Waals surface area contributed by atoms with Crippen LogP contribution in [-0.4, -0.2) is 61.6 Å². The Kier molecular flexibility index (Phi) is 6.08. The standard InChI is InChI=1S/C19H21FN2O5/c1-25-19(24)16-6-11-26-17(16)12-21-7-9-22(10-8-21)18(23)13-27-15-4-2-14(20)3-5-15/h2-6,11H,7-10,12-13H2,1H3. The minimum absolute atomic E-state index is 0.0870. The van der Waals surface area contributed by atoms with Crippen LogP contribution < -0.4 is 4.74 Å². The van der Waals surface area contributed by atoms with E-state index in [0.29, 0.717) is 49.8 Å². The van der Waals surface area contributed by atoms with Crippen molar-refractivity contribution >= 4 is 11.9 Å². The summed E-state index contributed by atoms with van der Waals surface area (Å²) in [5.74, 6) is 0.118. The highest BCUT2D eigenvalue weighted by molar-refractivity contribution is 5.90. The second-order valence-corrected chi connectivity index (χ2v) is 6.15. The fourth-order valence-electron chi connectivity index (χ4n) is 2.88. The number of hydrogen-bond donors (Lipinski definition) is 0. The summed E-state index contributed by atoms with van der Waals surface area (Å²) in [4.78, 5) is 27.8. The van der Waals surface area contributed by atoms with Crippen molar-refractivity contribution in [2.75, 3.05) is 39.9 Å². The maximum Gasteiger partial charge on any atom is 0.341 e. The Morgan fingerprint density at radius 2 is 1.81 bits per heavy atom. The molecule has 1 amide bonds. The van der Waals surface area contributed by atoms with Crippen molar-refractivity contribution in [1.82, 2.24) is 9.80 Å². The van der Waals surface area contributed by atoms with Crippen molar-refractivity contribution in [2.45, 2.75) is 6.54 Å². The van der Waals surface area contributed by atoms with Gasteiger partial charge in [0.1, 0.15) is 22.9 Å². The SMILES string of the molecule is COC(=O)c1ccoc1CN1CCN(C(=O)COc2ccc(F)cc2)CC1. The molecule has 2 aromatic rings. The molecule has 0 saturated carbocycles. The van der Waals surface area contributed by atoms with Gasteiger partial charge in [-0.25, -0.2) is 9.18 Å². The van der Waals surface area contributed by atoms with Gasteiger partial charge in [-0.15, -0.1) is 0 Å². The van der Waals surface area contributed by atoms with Crippen molar-refractivity contribution in [3.63, 3.8) is 0 Å². The van der Waals surface area contributed by atoms with Gasteiger partial charge in [-0.2, -0.15) is 0 Å². The third-order valence-electron chi connectivity index (χ3n) is 4.42. The monoisotopic (exact) mass is 376 g/mol. The minimum Gasteiger partial charge on any atom is -0.484 e. The molecule has 0 aliphatic carbocycles. The zero-order chi connectivity index (χ0) is 19.2. The highest BCUT2D eigenvalue weighted by Crippen LogP contribution is 2.16. The van der Waals surface area contributed by atoms with Gasteiger partial charge in [-0.1, -0.05) is 0 Å². The van der Waals surface area contributed by atoms with Crippen LogP contribution in [0.1, 0.15) is 16.1 Å². The molecular weight excluding hydrogens is 355 g/mol. The summed E-state index contributed by atoms with van der Waals surface area (Å²) < 4.78 is 28.4. The lowest BCUT2D eigenvalue weighted by atomic mass is 10.2. The van der Waals surface area contributed by atoms with Crippen LogP contribution in [0, 0.1) is 5.82 Å². The van der Waals surface area contributed by atoms with Crippen LogP contribution in [0.5, 0.6) is 5.75 Å². The summed E-state index contributed by atoms with van der Waals surface area (Å²) in [5.41, 5.74) is 0.420. The number of hydrogen-bond acceptors (Lipinski definition) is 6. The number of rotatable bonds is 6. The molecule has 0 radical (unpaired) electrons.